The van der Waals surface area contributed by atoms with Gasteiger partial charge in [-0.2, -0.15) is 13.2 Å². The van der Waals surface area contributed by atoms with Gasteiger partial charge in [0.15, 0.2) is 0 Å². The average molecular weight is 527 g/mol. The number of nitrogens with one attached hydrogen (secondary N) is 1. The Balaban J connectivity index is 2.51. The molecule has 0 spiro atoms. The Labute approximate surface area is 171 Å². The molecule has 8 nitrogen and oxygen atoms in total. The molecule has 0 unspecified atom stereocenters. The molecule has 2 rings (SSSR count). The van der Waals surface area contributed by atoms with E-state index < -0.39 is 44.4 Å². The van der Waals surface area contributed by atoms with Crippen LogP contribution in [-0.4, -0.2) is 15.8 Å². The van der Waals surface area contributed by atoms with Crippen LogP contribution in [0.3, 0.4) is 0 Å². The zero-order valence-electron chi connectivity index (χ0n) is 13.6. The SMILES string of the molecule is Cc1c([N+](=O)[O-])cc(C(=O)Nc2cc(C(F)(F)F)c(Br)cc2Br)cc1[N+](=O)[O-]. The van der Waals surface area contributed by atoms with E-state index in [2.05, 4.69) is 37.2 Å². The molecule has 148 valence electrons. The van der Waals surface area contributed by atoms with E-state index in [0.29, 0.717) is 6.07 Å². The van der Waals surface area contributed by atoms with E-state index in [0.717, 1.165) is 25.1 Å². The molecule has 28 heavy (non-hydrogen) atoms. The van der Waals surface area contributed by atoms with E-state index in [1.54, 1.807) is 0 Å². The third-order valence-corrected chi connectivity index (χ3v) is 4.93. The molecule has 0 radical (unpaired) electrons. The van der Waals surface area contributed by atoms with Crippen molar-refractivity contribution >= 4 is 54.8 Å². The highest BCUT2D eigenvalue weighted by molar-refractivity contribution is 9.11. The maximum atomic E-state index is 13.0. The lowest BCUT2D eigenvalue weighted by atomic mass is 10.1. The molecular weight excluding hydrogens is 519 g/mol. The second-order valence-corrected chi connectivity index (χ2v) is 7.13. The number of alkyl halides is 3. The zero-order chi connectivity index (χ0) is 21.4. The standard InChI is InChI=1S/C15H8Br2F3N3O5/c1-6-12(22(25)26)2-7(3-13(6)23(27)28)14(24)21-11-4-8(15(18,19)20)9(16)5-10(11)17/h2-5H,1H3,(H,21,24). The second kappa shape index (κ2) is 7.83. The van der Waals surface area contributed by atoms with E-state index in [-0.39, 0.29) is 20.2 Å². The minimum atomic E-state index is -4.71. The Kier molecular flexibility index (Phi) is 6.09. The highest BCUT2D eigenvalue weighted by Gasteiger charge is 2.34. The highest BCUT2D eigenvalue weighted by atomic mass is 79.9. The summed E-state index contributed by atoms with van der Waals surface area (Å²) in [5, 5.41) is 24.3. The van der Waals surface area contributed by atoms with Crippen LogP contribution in [0.2, 0.25) is 0 Å². The van der Waals surface area contributed by atoms with Crippen molar-refractivity contribution < 1.29 is 27.8 Å². The van der Waals surface area contributed by atoms with Crippen molar-refractivity contribution in [2.75, 3.05) is 5.32 Å². The predicted molar refractivity (Wildman–Crippen MR) is 99.3 cm³/mol. The van der Waals surface area contributed by atoms with Crippen LogP contribution in [0.5, 0.6) is 0 Å². The zero-order valence-corrected chi connectivity index (χ0v) is 16.8. The molecule has 0 aliphatic heterocycles. The second-order valence-electron chi connectivity index (χ2n) is 5.42. The number of anilines is 1. The van der Waals surface area contributed by atoms with E-state index in [1.165, 1.54) is 0 Å². The van der Waals surface area contributed by atoms with Gasteiger partial charge in [0.05, 0.1) is 26.7 Å². The number of hydrogen-bond acceptors (Lipinski definition) is 5. The molecule has 0 fully saturated rings. The molecule has 0 atom stereocenters. The molecule has 13 heteroatoms. The molecule has 0 aliphatic carbocycles. The van der Waals surface area contributed by atoms with Crippen LogP contribution in [0, 0.1) is 27.2 Å². The van der Waals surface area contributed by atoms with Crippen molar-refractivity contribution in [2.45, 2.75) is 13.1 Å². The molecular formula is C15H8Br2F3N3O5. The fraction of sp³-hybridized carbons (Fsp3) is 0.133. The summed E-state index contributed by atoms with van der Waals surface area (Å²) in [5.41, 5.74) is -3.36. The first-order valence-electron chi connectivity index (χ1n) is 7.14. The number of benzene rings is 2. The monoisotopic (exact) mass is 525 g/mol. The van der Waals surface area contributed by atoms with E-state index >= 15 is 0 Å². The van der Waals surface area contributed by atoms with Crippen LogP contribution >= 0.6 is 31.9 Å². The van der Waals surface area contributed by atoms with Crippen molar-refractivity contribution in [2.24, 2.45) is 0 Å². The molecule has 2 aromatic carbocycles. The average Bonchev–Trinajstić information content (AvgIpc) is 2.55. The number of nitro groups is 2. The number of nitro benzene ring substituents is 2. The van der Waals surface area contributed by atoms with Gasteiger partial charge in [0.2, 0.25) is 0 Å². The minimum absolute atomic E-state index is 0.0943. The number of carbonyl (C=O) groups excluding carboxylic acids is 1. The summed E-state index contributed by atoms with van der Waals surface area (Å²) < 4.78 is 38.9. The molecule has 0 heterocycles. The van der Waals surface area contributed by atoms with Crippen LogP contribution < -0.4 is 5.32 Å². The maximum absolute atomic E-state index is 13.0. The highest BCUT2D eigenvalue weighted by Crippen LogP contribution is 2.39. The Morgan fingerprint density at radius 1 is 1.00 bits per heavy atom. The van der Waals surface area contributed by atoms with Crippen LogP contribution in [0.25, 0.3) is 0 Å². The number of rotatable bonds is 4. The smallest absolute Gasteiger partial charge is 0.321 e. The van der Waals surface area contributed by atoms with Crippen LogP contribution in [-0.2, 0) is 6.18 Å². The molecule has 0 bridgehead atoms. The lowest BCUT2D eigenvalue weighted by molar-refractivity contribution is -0.395. The minimum Gasteiger partial charge on any atom is -0.321 e. The lowest BCUT2D eigenvalue weighted by Crippen LogP contribution is -2.15. The van der Waals surface area contributed by atoms with Gasteiger partial charge in [-0.1, -0.05) is 15.9 Å². The fourth-order valence-electron chi connectivity index (χ4n) is 2.25. The Hall–Kier alpha value is -2.54. The van der Waals surface area contributed by atoms with Crippen molar-refractivity contribution in [1.29, 1.82) is 0 Å². The first-order valence-corrected chi connectivity index (χ1v) is 8.72. The summed E-state index contributed by atoms with van der Waals surface area (Å²) in [7, 11) is 0. The van der Waals surface area contributed by atoms with Crippen molar-refractivity contribution in [3.63, 3.8) is 0 Å². The first-order chi connectivity index (χ1) is 12.8. The fourth-order valence-corrected chi connectivity index (χ4v) is 3.57. The van der Waals surface area contributed by atoms with Gasteiger partial charge >= 0.3 is 6.18 Å². The first kappa shape index (κ1) is 21.8. The number of nitrogens with zero attached hydrogens (tertiary/aromatic N) is 2. The summed E-state index contributed by atoms with van der Waals surface area (Å²) >= 11 is 5.78. The molecule has 1 N–H and O–H groups in total. The molecule has 0 saturated carbocycles. The third-order valence-electron chi connectivity index (χ3n) is 3.62. The topological polar surface area (TPSA) is 115 Å². The van der Waals surface area contributed by atoms with Gasteiger partial charge in [0.1, 0.15) is 5.56 Å². The van der Waals surface area contributed by atoms with E-state index in [9.17, 15) is 38.2 Å². The summed E-state index contributed by atoms with van der Waals surface area (Å²) in [4.78, 5) is 32.8. The Morgan fingerprint density at radius 3 is 1.93 bits per heavy atom. The number of carbonyl (C=O) groups is 1. The predicted octanol–water partition coefficient (Wildman–Crippen LogP) is 5.61. The van der Waals surface area contributed by atoms with Gasteiger partial charge < -0.3 is 5.32 Å². The summed E-state index contributed by atoms with van der Waals surface area (Å²) in [6, 6.07) is 3.35. The lowest BCUT2D eigenvalue weighted by Gasteiger charge is -2.14. The quantitative estimate of drug-likeness (QED) is 0.410. The molecule has 0 saturated heterocycles. The Morgan fingerprint density at radius 2 is 1.50 bits per heavy atom. The van der Waals surface area contributed by atoms with Gasteiger partial charge in [-0.25, -0.2) is 0 Å². The molecule has 0 aliphatic rings. The summed E-state index contributed by atoms with van der Waals surface area (Å²) in [6.07, 6.45) is -4.71. The Bertz CT molecular complexity index is 976. The molecule has 0 aromatic heterocycles. The van der Waals surface area contributed by atoms with Crippen molar-refractivity contribution in [3.05, 3.63) is 70.1 Å². The van der Waals surface area contributed by atoms with Gasteiger partial charge in [0, 0.05) is 21.1 Å². The van der Waals surface area contributed by atoms with Gasteiger partial charge in [-0.15, -0.1) is 0 Å². The normalized spacial score (nSPS) is 11.2. The van der Waals surface area contributed by atoms with E-state index in [1.807, 2.05) is 0 Å². The third kappa shape index (κ3) is 4.47. The summed E-state index contributed by atoms with van der Waals surface area (Å²) in [6.45, 7) is 1.15. The number of amides is 1. The van der Waals surface area contributed by atoms with Crippen LogP contribution in [0.1, 0.15) is 21.5 Å². The van der Waals surface area contributed by atoms with Crippen LogP contribution in [0.4, 0.5) is 30.2 Å². The van der Waals surface area contributed by atoms with Crippen LogP contribution in [0.15, 0.2) is 33.2 Å². The number of hydrogen-bond donors (Lipinski definition) is 1. The molecule has 1 amide bonds. The molecule has 2 aromatic rings. The van der Waals surface area contributed by atoms with Gasteiger partial charge in [-0.05, 0) is 35.0 Å². The van der Waals surface area contributed by atoms with Crippen molar-refractivity contribution in [1.82, 2.24) is 0 Å². The van der Waals surface area contributed by atoms with E-state index in [4.69, 9.17) is 0 Å². The largest absolute Gasteiger partial charge is 0.417 e. The maximum Gasteiger partial charge on any atom is 0.417 e. The summed E-state index contributed by atoms with van der Waals surface area (Å²) in [5.74, 6) is -1.05. The van der Waals surface area contributed by atoms with Gasteiger partial charge in [-0.3, -0.25) is 25.0 Å². The number of halogens is 5. The van der Waals surface area contributed by atoms with Crippen molar-refractivity contribution in [3.8, 4) is 0 Å². The van der Waals surface area contributed by atoms with Gasteiger partial charge in [0.25, 0.3) is 17.3 Å².